The number of carbonyl (C=O) groups is 1. The Balaban J connectivity index is 2.64. The van der Waals surface area contributed by atoms with Gasteiger partial charge < -0.3 is 4.74 Å². The van der Waals surface area contributed by atoms with Crippen molar-refractivity contribution in [2.75, 3.05) is 0 Å². The van der Waals surface area contributed by atoms with E-state index in [1.807, 2.05) is 27.7 Å². The fourth-order valence-corrected chi connectivity index (χ4v) is 1.97. The summed E-state index contributed by atoms with van der Waals surface area (Å²) in [6.07, 6.45) is 4.88. The Kier molecular flexibility index (Phi) is 4.98. The van der Waals surface area contributed by atoms with Crippen LogP contribution in [0.5, 0.6) is 0 Å². The average molecular weight is 236 g/mol. The third kappa shape index (κ3) is 3.72. The number of esters is 1. The summed E-state index contributed by atoms with van der Waals surface area (Å²) in [5.74, 6) is 0.369. The Morgan fingerprint density at radius 1 is 1.65 bits per heavy atom. The van der Waals surface area contributed by atoms with E-state index in [9.17, 15) is 4.79 Å². The predicted octanol–water partition coefficient (Wildman–Crippen LogP) is 3.88. The zero-order valence-corrected chi connectivity index (χ0v) is 11.5. The maximum Gasteiger partial charge on any atom is 0.309 e. The van der Waals surface area contributed by atoms with E-state index in [1.54, 1.807) is 0 Å². The summed E-state index contributed by atoms with van der Waals surface area (Å²) < 4.78 is 5.59. The number of hydrogen-bond donors (Lipinski definition) is 0. The lowest BCUT2D eigenvalue weighted by molar-refractivity contribution is -0.152. The lowest BCUT2D eigenvalue weighted by atomic mass is 9.84. The highest BCUT2D eigenvalue weighted by Gasteiger charge is 2.26. The minimum absolute atomic E-state index is 0.00648. The third-order valence-corrected chi connectivity index (χ3v) is 3.70. The Bertz CT molecular complexity index is 328. The van der Waals surface area contributed by atoms with Crippen molar-refractivity contribution >= 4 is 5.97 Å². The first kappa shape index (κ1) is 14.0. The number of allylic oxidation sites excluding steroid dienone is 2. The van der Waals surface area contributed by atoms with Gasteiger partial charge in [0.1, 0.15) is 6.10 Å². The molecule has 0 bridgehead atoms. The molecule has 0 radical (unpaired) electrons. The van der Waals surface area contributed by atoms with E-state index in [-0.39, 0.29) is 18.0 Å². The van der Waals surface area contributed by atoms with Gasteiger partial charge in [-0.05, 0) is 44.6 Å². The summed E-state index contributed by atoms with van der Waals surface area (Å²) in [7, 11) is 0. The minimum atomic E-state index is -0.0763. The van der Waals surface area contributed by atoms with Gasteiger partial charge in [0.2, 0.25) is 0 Å². The molecule has 96 valence electrons. The van der Waals surface area contributed by atoms with E-state index < -0.39 is 0 Å². The van der Waals surface area contributed by atoms with Gasteiger partial charge in [-0.1, -0.05) is 32.1 Å². The Labute approximate surface area is 105 Å². The van der Waals surface area contributed by atoms with E-state index in [0.29, 0.717) is 5.92 Å². The van der Waals surface area contributed by atoms with Gasteiger partial charge in [0.05, 0.1) is 5.92 Å². The number of rotatable bonds is 4. The first-order chi connectivity index (χ1) is 7.95. The van der Waals surface area contributed by atoms with Crippen LogP contribution < -0.4 is 0 Å². The van der Waals surface area contributed by atoms with Crippen LogP contribution in [0.25, 0.3) is 0 Å². The van der Waals surface area contributed by atoms with Crippen molar-refractivity contribution in [3.63, 3.8) is 0 Å². The average Bonchev–Trinajstić information content (AvgIpc) is 2.30. The molecule has 2 heteroatoms. The maximum atomic E-state index is 11.8. The van der Waals surface area contributed by atoms with Crippen molar-refractivity contribution in [1.29, 1.82) is 0 Å². The molecule has 0 saturated carbocycles. The van der Waals surface area contributed by atoms with Crippen molar-refractivity contribution in [2.45, 2.75) is 53.1 Å². The van der Waals surface area contributed by atoms with Gasteiger partial charge >= 0.3 is 5.97 Å². The smallest absolute Gasteiger partial charge is 0.309 e. The summed E-state index contributed by atoms with van der Waals surface area (Å²) in [6.45, 7) is 12.0. The van der Waals surface area contributed by atoms with E-state index in [1.165, 1.54) is 11.1 Å². The molecule has 2 nitrogen and oxygen atoms in total. The normalized spacial score (nSPS) is 26.0. The zero-order valence-electron chi connectivity index (χ0n) is 11.5. The second kappa shape index (κ2) is 6.04. The zero-order chi connectivity index (χ0) is 13.0. The van der Waals surface area contributed by atoms with Gasteiger partial charge in [0, 0.05) is 0 Å². The van der Waals surface area contributed by atoms with E-state index in [2.05, 4.69) is 12.7 Å². The summed E-state index contributed by atoms with van der Waals surface area (Å²) in [6, 6.07) is 0. The molecule has 1 rings (SSSR count). The van der Waals surface area contributed by atoms with E-state index >= 15 is 0 Å². The molecule has 1 aliphatic rings. The van der Waals surface area contributed by atoms with Crippen LogP contribution in [0.1, 0.15) is 47.0 Å². The lowest BCUT2D eigenvalue weighted by Crippen LogP contribution is -2.28. The second-order valence-electron chi connectivity index (χ2n) is 5.20. The number of carbonyl (C=O) groups excluding carboxylic acids is 1. The SMILES string of the molecule is C=C(C)[C@H]1CC=C(C)[C@H](OC(=O)C(C)CC)C1. The summed E-state index contributed by atoms with van der Waals surface area (Å²) in [4.78, 5) is 11.8. The summed E-state index contributed by atoms with van der Waals surface area (Å²) in [5, 5.41) is 0. The van der Waals surface area contributed by atoms with Crippen LogP contribution in [0.2, 0.25) is 0 Å². The van der Waals surface area contributed by atoms with Crippen LogP contribution in [0.3, 0.4) is 0 Å². The molecule has 0 aromatic carbocycles. The Morgan fingerprint density at radius 2 is 2.29 bits per heavy atom. The Morgan fingerprint density at radius 3 is 2.82 bits per heavy atom. The van der Waals surface area contributed by atoms with E-state index in [4.69, 9.17) is 4.74 Å². The number of ether oxygens (including phenoxy) is 1. The van der Waals surface area contributed by atoms with Crippen molar-refractivity contribution < 1.29 is 9.53 Å². The van der Waals surface area contributed by atoms with Crippen molar-refractivity contribution in [3.05, 3.63) is 23.8 Å². The second-order valence-corrected chi connectivity index (χ2v) is 5.20. The molecule has 0 aliphatic heterocycles. The highest BCUT2D eigenvalue weighted by molar-refractivity contribution is 5.72. The molecule has 0 aromatic rings. The lowest BCUT2D eigenvalue weighted by Gasteiger charge is -2.29. The van der Waals surface area contributed by atoms with Crippen molar-refractivity contribution in [1.82, 2.24) is 0 Å². The molecule has 0 fully saturated rings. The van der Waals surface area contributed by atoms with Gasteiger partial charge in [-0.15, -0.1) is 0 Å². The van der Waals surface area contributed by atoms with Gasteiger partial charge in [-0.2, -0.15) is 0 Å². The molecule has 0 saturated heterocycles. The van der Waals surface area contributed by atoms with Crippen LogP contribution >= 0.6 is 0 Å². The molecule has 0 heterocycles. The van der Waals surface area contributed by atoms with Gasteiger partial charge in [-0.3, -0.25) is 4.79 Å². The minimum Gasteiger partial charge on any atom is -0.458 e. The molecule has 0 spiro atoms. The van der Waals surface area contributed by atoms with Gasteiger partial charge in [-0.25, -0.2) is 0 Å². The highest BCUT2D eigenvalue weighted by Crippen LogP contribution is 2.30. The quantitative estimate of drug-likeness (QED) is 0.547. The highest BCUT2D eigenvalue weighted by atomic mass is 16.5. The molecule has 3 atom stereocenters. The molecule has 1 unspecified atom stereocenters. The molecule has 0 amide bonds. The first-order valence-electron chi connectivity index (χ1n) is 6.48. The molecular weight excluding hydrogens is 212 g/mol. The van der Waals surface area contributed by atoms with Crippen LogP contribution in [0.4, 0.5) is 0 Å². The van der Waals surface area contributed by atoms with Crippen LogP contribution in [-0.4, -0.2) is 12.1 Å². The van der Waals surface area contributed by atoms with E-state index in [0.717, 1.165) is 19.3 Å². The fraction of sp³-hybridized carbons (Fsp3) is 0.667. The molecule has 1 aliphatic carbocycles. The molecule has 0 aromatic heterocycles. The van der Waals surface area contributed by atoms with Crippen LogP contribution in [-0.2, 0) is 9.53 Å². The third-order valence-electron chi connectivity index (χ3n) is 3.70. The molecular formula is C15H24O2. The topological polar surface area (TPSA) is 26.3 Å². The van der Waals surface area contributed by atoms with Gasteiger partial charge in [0.15, 0.2) is 0 Å². The first-order valence-corrected chi connectivity index (χ1v) is 6.48. The molecule has 17 heavy (non-hydrogen) atoms. The summed E-state index contributed by atoms with van der Waals surface area (Å²) >= 11 is 0. The van der Waals surface area contributed by atoms with Crippen molar-refractivity contribution in [3.8, 4) is 0 Å². The van der Waals surface area contributed by atoms with Gasteiger partial charge in [0.25, 0.3) is 0 Å². The fourth-order valence-electron chi connectivity index (χ4n) is 1.97. The summed E-state index contributed by atoms with van der Waals surface area (Å²) in [5.41, 5.74) is 2.36. The number of hydrogen-bond acceptors (Lipinski definition) is 2. The van der Waals surface area contributed by atoms with Crippen molar-refractivity contribution in [2.24, 2.45) is 11.8 Å². The standard InChI is InChI=1S/C15H24O2/c1-6-11(4)15(16)17-14-9-13(10(2)3)8-7-12(14)5/h7,11,13-14H,2,6,8-9H2,1,3-5H3/t11?,13-,14+/m0/s1. The Hall–Kier alpha value is -1.05. The molecule has 0 N–H and O–H groups in total. The maximum absolute atomic E-state index is 11.8. The van der Waals surface area contributed by atoms with Crippen LogP contribution in [0, 0.1) is 11.8 Å². The predicted molar refractivity (Wildman–Crippen MR) is 70.6 cm³/mol. The largest absolute Gasteiger partial charge is 0.458 e. The monoisotopic (exact) mass is 236 g/mol. The van der Waals surface area contributed by atoms with Crippen LogP contribution in [0.15, 0.2) is 23.8 Å².